The van der Waals surface area contributed by atoms with Gasteiger partial charge in [-0.25, -0.2) is 0 Å². The Labute approximate surface area is 228 Å². The number of halogens is 1. The van der Waals surface area contributed by atoms with Gasteiger partial charge in [-0.05, 0) is 92.3 Å². The van der Waals surface area contributed by atoms with Gasteiger partial charge in [0.1, 0.15) is 5.75 Å². The lowest BCUT2D eigenvalue weighted by molar-refractivity contribution is 0.412. The van der Waals surface area contributed by atoms with E-state index in [1.54, 1.807) is 7.11 Å². The maximum Gasteiger partial charge on any atom is 0.174 e. The molecular weight excluding hydrogens is 502 g/mol. The molecule has 1 aliphatic rings. The lowest BCUT2D eigenvalue weighted by Crippen LogP contribution is -2.29. The largest absolute Gasteiger partial charge is 0.495 e. The van der Waals surface area contributed by atoms with Crippen LogP contribution in [0.25, 0.3) is 5.69 Å². The number of methoxy groups -OCH3 is 1. The number of aromatic nitrogens is 2. The van der Waals surface area contributed by atoms with E-state index >= 15 is 0 Å². The van der Waals surface area contributed by atoms with Crippen molar-refractivity contribution in [1.29, 1.82) is 0 Å². The van der Waals surface area contributed by atoms with Crippen LogP contribution in [0.4, 0.5) is 11.4 Å². The number of thiocarbonyl (C=S) groups is 1. The average molecular weight is 532 g/mol. The second-order valence-corrected chi connectivity index (χ2v) is 10.2. The smallest absolute Gasteiger partial charge is 0.174 e. The molecule has 0 radical (unpaired) electrons. The summed E-state index contributed by atoms with van der Waals surface area (Å²) in [5.41, 5.74) is 7.31. The Hall–Kier alpha value is -3.55. The third kappa shape index (κ3) is 4.54. The summed E-state index contributed by atoms with van der Waals surface area (Å²) in [5, 5.41) is 4.89. The normalized spacial score (nSPS) is 17.1. The van der Waals surface area contributed by atoms with Gasteiger partial charge in [0.25, 0.3) is 0 Å². The van der Waals surface area contributed by atoms with E-state index in [1.807, 2.05) is 56.7 Å². The second-order valence-electron chi connectivity index (χ2n) is 9.39. The van der Waals surface area contributed by atoms with Crippen LogP contribution in [0.2, 0.25) is 5.02 Å². The summed E-state index contributed by atoms with van der Waals surface area (Å²) in [4.78, 5) is 8.98. The van der Waals surface area contributed by atoms with Crippen LogP contribution in [0, 0.1) is 13.8 Å². The predicted molar refractivity (Wildman–Crippen MR) is 156 cm³/mol. The van der Waals surface area contributed by atoms with E-state index < -0.39 is 0 Å². The Kier molecular flexibility index (Phi) is 6.84. The molecule has 0 bridgehead atoms. The first-order valence-corrected chi connectivity index (χ1v) is 12.9. The number of nitrogens with one attached hydrogen (secondary N) is 1. The molecule has 5 rings (SSSR count). The highest BCUT2D eigenvalue weighted by Gasteiger charge is 2.42. The minimum Gasteiger partial charge on any atom is -0.495 e. The van der Waals surface area contributed by atoms with E-state index in [9.17, 15) is 0 Å². The van der Waals surface area contributed by atoms with Crippen LogP contribution >= 0.6 is 23.8 Å². The molecule has 6 nitrogen and oxygen atoms in total. The lowest BCUT2D eigenvalue weighted by atomic mass is 9.96. The summed E-state index contributed by atoms with van der Waals surface area (Å²) in [6, 6.07) is 22.1. The number of aryl methyl sites for hydroxylation is 1. The number of hydrogen-bond donors (Lipinski definition) is 1. The lowest BCUT2D eigenvalue weighted by Gasteiger charge is -2.28. The Bertz CT molecular complexity index is 1430. The molecule has 1 fully saturated rings. The fourth-order valence-electron chi connectivity index (χ4n) is 5.16. The zero-order chi connectivity index (χ0) is 26.3. The minimum atomic E-state index is -0.127. The molecule has 190 valence electrons. The number of rotatable bonds is 6. The molecule has 0 unspecified atom stereocenters. The average Bonchev–Trinajstić information content (AvgIpc) is 3.39. The van der Waals surface area contributed by atoms with Gasteiger partial charge >= 0.3 is 0 Å². The van der Waals surface area contributed by atoms with Gasteiger partial charge in [-0.1, -0.05) is 17.7 Å². The van der Waals surface area contributed by atoms with Crippen LogP contribution in [0.3, 0.4) is 0 Å². The molecule has 1 saturated heterocycles. The molecule has 0 amide bonds. The van der Waals surface area contributed by atoms with Crippen molar-refractivity contribution in [2.24, 2.45) is 0 Å². The van der Waals surface area contributed by atoms with E-state index in [0.717, 1.165) is 45.5 Å². The molecule has 0 saturated carbocycles. The molecule has 1 N–H and O–H groups in total. The maximum atomic E-state index is 6.41. The molecule has 1 aliphatic heterocycles. The quantitative estimate of drug-likeness (QED) is 0.291. The summed E-state index contributed by atoms with van der Waals surface area (Å²) in [7, 11) is 5.75. The summed E-state index contributed by atoms with van der Waals surface area (Å²) in [6.45, 7) is 4.23. The zero-order valence-corrected chi connectivity index (χ0v) is 23.1. The minimum absolute atomic E-state index is 0.113. The Morgan fingerprint density at radius 1 is 1.03 bits per heavy atom. The maximum absolute atomic E-state index is 6.41. The van der Waals surface area contributed by atoms with Crippen molar-refractivity contribution < 1.29 is 4.74 Å². The fraction of sp³-hybridized carbons (Fsp3) is 0.241. The van der Waals surface area contributed by atoms with Gasteiger partial charge in [-0.15, -0.1) is 0 Å². The summed E-state index contributed by atoms with van der Waals surface area (Å²) < 4.78 is 7.89. The first-order chi connectivity index (χ1) is 17.8. The van der Waals surface area contributed by atoms with Gasteiger partial charge in [0.15, 0.2) is 5.11 Å². The SMILES string of the molecule is COc1ccc(Cl)cc1-n1c(C)cc([C@H]2[C@@H](c3ccccn3)NC(=S)N2c2ccc(N(C)C)cc2)c1C. The number of ether oxygens (including phenoxy) is 1. The number of benzene rings is 2. The predicted octanol–water partition coefficient (Wildman–Crippen LogP) is 6.39. The fourth-order valence-corrected chi connectivity index (χ4v) is 5.67. The topological polar surface area (TPSA) is 45.6 Å². The standard InChI is InChI=1S/C29H30ClN5OS/c1-18-16-23(19(2)34(18)25-17-20(30)9-14-26(25)36-5)28-27(24-8-6-7-15-31-24)32-29(37)35(28)22-12-10-21(11-13-22)33(3)4/h6-17,27-28H,1-5H3,(H,32,37)/t27-,28+/m1/s1. The van der Waals surface area contributed by atoms with Crippen molar-refractivity contribution in [1.82, 2.24) is 14.9 Å². The Morgan fingerprint density at radius 2 is 1.78 bits per heavy atom. The van der Waals surface area contributed by atoms with Crippen molar-refractivity contribution in [3.05, 3.63) is 101 Å². The van der Waals surface area contributed by atoms with E-state index in [1.165, 1.54) is 0 Å². The summed E-state index contributed by atoms with van der Waals surface area (Å²) >= 11 is 12.3. The third-order valence-corrected chi connectivity index (χ3v) is 7.46. The molecule has 0 spiro atoms. The van der Waals surface area contributed by atoms with Crippen LogP contribution < -0.4 is 19.9 Å². The van der Waals surface area contributed by atoms with Crippen LogP contribution in [0.5, 0.6) is 5.75 Å². The van der Waals surface area contributed by atoms with E-state index in [0.29, 0.717) is 10.1 Å². The van der Waals surface area contributed by atoms with Gasteiger partial charge in [-0.2, -0.15) is 0 Å². The van der Waals surface area contributed by atoms with Crippen molar-refractivity contribution in [2.75, 3.05) is 31.0 Å². The van der Waals surface area contributed by atoms with Crippen LogP contribution in [0.15, 0.2) is 72.9 Å². The van der Waals surface area contributed by atoms with Crippen LogP contribution in [-0.2, 0) is 0 Å². The number of nitrogens with zero attached hydrogens (tertiary/aromatic N) is 4. The van der Waals surface area contributed by atoms with Crippen molar-refractivity contribution in [3.63, 3.8) is 0 Å². The van der Waals surface area contributed by atoms with Crippen molar-refractivity contribution in [3.8, 4) is 11.4 Å². The highest BCUT2D eigenvalue weighted by Crippen LogP contribution is 2.44. The van der Waals surface area contributed by atoms with Gasteiger partial charge in [-0.3, -0.25) is 4.98 Å². The number of hydrogen-bond acceptors (Lipinski definition) is 4. The molecule has 2 atom stereocenters. The molecule has 8 heteroatoms. The number of pyridine rings is 1. The summed E-state index contributed by atoms with van der Waals surface area (Å²) in [5.74, 6) is 0.759. The van der Waals surface area contributed by atoms with Gasteiger partial charge < -0.3 is 24.4 Å². The van der Waals surface area contributed by atoms with E-state index in [4.69, 9.17) is 33.5 Å². The van der Waals surface area contributed by atoms with Crippen LogP contribution in [-0.4, -0.2) is 35.9 Å². The molecule has 0 aliphatic carbocycles. The first kappa shape index (κ1) is 25.1. The van der Waals surface area contributed by atoms with Gasteiger partial charge in [0, 0.05) is 48.1 Å². The van der Waals surface area contributed by atoms with Crippen molar-refractivity contribution in [2.45, 2.75) is 25.9 Å². The zero-order valence-electron chi connectivity index (χ0n) is 21.6. The van der Waals surface area contributed by atoms with Gasteiger partial charge in [0.2, 0.25) is 0 Å². The highest BCUT2D eigenvalue weighted by atomic mass is 35.5. The molecular formula is C29H30ClN5OS. The Morgan fingerprint density at radius 3 is 2.43 bits per heavy atom. The molecule has 4 aromatic rings. The number of anilines is 2. The van der Waals surface area contributed by atoms with Crippen molar-refractivity contribution >= 4 is 40.3 Å². The van der Waals surface area contributed by atoms with E-state index in [-0.39, 0.29) is 12.1 Å². The highest BCUT2D eigenvalue weighted by molar-refractivity contribution is 7.80. The molecule has 37 heavy (non-hydrogen) atoms. The van der Waals surface area contributed by atoms with Crippen LogP contribution in [0.1, 0.15) is 34.7 Å². The van der Waals surface area contributed by atoms with E-state index in [2.05, 4.69) is 63.9 Å². The second kappa shape index (κ2) is 10.1. The summed E-state index contributed by atoms with van der Waals surface area (Å²) in [6.07, 6.45) is 1.83. The molecule has 2 aromatic heterocycles. The molecule has 3 heterocycles. The first-order valence-electron chi connectivity index (χ1n) is 12.1. The van der Waals surface area contributed by atoms with Gasteiger partial charge in [0.05, 0.1) is 30.6 Å². The monoisotopic (exact) mass is 531 g/mol. The Balaban J connectivity index is 1.68. The third-order valence-electron chi connectivity index (χ3n) is 6.91. The molecule has 2 aromatic carbocycles.